The van der Waals surface area contributed by atoms with Crippen molar-refractivity contribution in [3.63, 3.8) is 0 Å². The van der Waals surface area contributed by atoms with Gasteiger partial charge in [-0.1, -0.05) is 0 Å². The SMILES string of the molecule is CNC1CN(c2cc(-c3cn[nH]c3)nc(N)n2)C1. The molecule has 2 aromatic heterocycles. The van der Waals surface area contributed by atoms with Crippen LogP contribution in [0.4, 0.5) is 11.8 Å². The monoisotopic (exact) mass is 245 g/mol. The number of H-pyrrole nitrogens is 1. The van der Waals surface area contributed by atoms with Gasteiger partial charge in [-0.2, -0.15) is 10.1 Å². The highest BCUT2D eigenvalue weighted by atomic mass is 15.3. The number of hydrogen-bond acceptors (Lipinski definition) is 6. The molecule has 0 aliphatic carbocycles. The van der Waals surface area contributed by atoms with Gasteiger partial charge in [-0.3, -0.25) is 5.10 Å². The molecule has 1 aliphatic heterocycles. The third-order valence-electron chi connectivity index (χ3n) is 3.14. The van der Waals surface area contributed by atoms with Crippen LogP contribution < -0.4 is 16.0 Å². The van der Waals surface area contributed by atoms with E-state index in [0.717, 1.165) is 30.2 Å². The smallest absolute Gasteiger partial charge is 0.222 e. The Labute approximate surface area is 104 Å². The van der Waals surface area contributed by atoms with E-state index in [9.17, 15) is 0 Å². The Bertz CT molecular complexity index is 530. The number of likely N-dealkylation sites (N-methyl/N-ethyl adjacent to an activating group) is 1. The molecule has 7 heteroatoms. The van der Waals surface area contributed by atoms with E-state index < -0.39 is 0 Å². The summed E-state index contributed by atoms with van der Waals surface area (Å²) in [6.07, 6.45) is 3.51. The lowest BCUT2D eigenvalue weighted by Crippen LogP contribution is -2.57. The molecule has 18 heavy (non-hydrogen) atoms. The summed E-state index contributed by atoms with van der Waals surface area (Å²) >= 11 is 0. The van der Waals surface area contributed by atoms with Crippen LogP contribution in [-0.2, 0) is 0 Å². The molecule has 1 saturated heterocycles. The molecule has 0 unspecified atom stereocenters. The highest BCUT2D eigenvalue weighted by Crippen LogP contribution is 2.24. The fourth-order valence-electron chi connectivity index (χ4n) is 2.00. The minimum absolute atomic E-state index is 0.289. The lowest BCUT2D eigenvalue weighted by Gasteiger charge is -2.40. The van der Waals surface area contributed by atoms with Gasteiger partial charge in [-0.05, 0) is 7.05 Å². The Hall–Kier alpha value is -2.15. The van der Waals surface area contributed by atoms with Crippen LogP contribution in [0.3, 0.4) is 0 Å². The predicted octanol–water partition coefficient (Wildman–Crippen LogP) is -0.143. The molecule has 0 bridgehead atoms. The van der Waals surface area contributed by atoms with Crippen LogP contribution in [0.25, 0.3) is 11.3 Å². The van der Waals surface area contributed by atoms with Gasteiger partial charge in [-0.25, -0.2) is 4.98 Å². The molecule has 2 aromatic rings. The Morgan fingerprint density at radius 3 is 2.94 bits per heavy atom. The number of nitrogens with two attached hydrogens (primary N) is 1. The summed E-state index contributed by atoms with van der Waals surface area (Å²) in [7, 11) is 1.97. The van der Waals surface area contributed by atoms with Crippen LogP contribution >= 0.6 is 0 Å². The molecule has 0 atom stereocenters. The largest absolute Gasteiger partial charge is 0.368 e. The summed E-state index contributed by atoms with van der Waals surface area (Å²) in [5.74, 6) is 1.15. The fourth-order valence-corrected chi connectivity index (χ4v) is 2.00. The van der Waals surface area contributed by atoms with E-state index in [2.05, 4.69) is 30.4 Å². The van der Waals surface area contributed by atoms with E-state index in [1.165, 1.54) is 0 Å². The zero-order valence-electron chi connectivity index (χ0n) is 10.1. The van der Waals surface area contributed by atoms with Crippen LogP contribution in [0.15, 0.2) is 18.5 Å². The van der Waals surface area contributed by atoms with Crippen LogP contribution in [0.2, 0.25) is 0 Å². The van der Waals surface area contributed by atoms with Gasteiger partial charge in [0.25, 0.3) is 0 Å². The van der Waals surface area contributed by atoms with E-state index in [0.29, 0.717) is 6.04 Å². The van der Waals surface area contributed by atoms with E-state index in [4.69, 9.17) is 5.73 Å². The Morgan fingerprint density at radius 2 is 2.28 bits per heavy atom. The minimum Gasteiger partial charge on any atom is -0.368 e. The molecule has 7 nitrogen and oxygen atoms in total. The molecule has 0 radical (unpaired) electrons. The summed E-state index contributed by atoms with van der Waals surface area (Å²) in [5, 5.41) is 9.90. The van der Waals surface area contributed by atoms with Gasteiger partial charge in [0.05, 0.1) is 11.9 Å². The molecule has 1 fully saturated rings. The molecule has 0 amide bonds. The van der Waals surface area contributed by atoms with Gasteiger partial charge < -0.3 is 16.0 Å². The molecule has 0 spiro atoms. The highest BCUT2D eigenvalue weighted by molar-refractivity contribution is 5.63. The highest BCUT2D eigenvalue weighted by Gasteiger charge is 2.26. The normalized spacial score (nSPS) is 15.7. The van der Waals surface area contributed by atoms with Crippen molar-refractivity contribution in [3.8, 4) is 11.3 Å². The van der Waals surface area contributed by atoms with Gasteiger partial charge >= 0.3 is 0 Å². The average molecular weight is 245 g/mol. The second-order valence-corrected chi connectivity index (χ2v) is 4.35. The van der Waals surface area contributed by atoms with E-state index >= 15 is 0 Å². The molecule has 0 saturated carbocycles. The summed E-state index contributed by atoms with van der Waals surface area (Å²) in [4.78, 5) is 10.7. The van der Waals surface area contributed by atoms with Crippen LogP contribution in [0, 0.1) is 0 Å². The number of aromatic nitrogens is 4. The number of nitrogens with one attached hydrogen (secondary N) is 2. The zero-order valence-corrected chi connectivity index (χ0v) is 10.1. The summed E-state index contributed by atoms with van der Waals surface area (Å²) in [6, 6.07) is 2.46. The van der Waals surface area contributed by atoms with Gasteiger partial charge in [0, 0.05) is 37.0 Å². The first-order chi connectivity index (χ1) is 8.76. The number of aromatic amines is 1. The zero-order chi connectivity index (χ0) is 12.5. The number of anilines is 2. The standard InChI is InChI=1S/C11H15N7/c1-13-8-5-18(6-8)10-2-9(16-11(12)17-10)7-3-14-15-4-7/h2-4,8,13H,5-6H2,1H3,(H,14,15)(H2,12,16,17). The lowest BCUT2D eigenvalue weighted by atomic mass is 10.1. The molecular formula is C11H15N7. The summed E-state index contributed by atoms with van der Waals surface area (Å²) in [6.45, 7) is 1.88. The topological polar surface area (TPSA) is 95.8 Å². The Morgan fingerprint density at radius 1 is 1.44 bits per heavy atom. The summed E-state index contributed by atoms with van der Waals surface area (Å²) in [5.41, 5.74) is 7.46. The van der Waals surface area contributed by atoms with Gasteiger partial charge in [0.15, 0.2) is 0 Å². The van der Waals surface area contributed by atoms with Crippen molar-refractivity contribution >= 4 is 11.8 Å². The second kappa shape index (κ2) is 4.26. The maximum atomic E-state index is 5.75. The van der Waals surface area contributed by atoms with Gasteiger partial charge in [0.1, 0.15) is 5.82 Å². The first kappa shape index (κ1) is 11.0. The van der Waals surface area contributed by atoms with Crippen molar-refractivity contribution in [3.05, 3.63) is 18.5 Å². The van der Waals surface area contributed by atoms with Crippen molar-refractivity contribution in [2.75, 3.05) is 30.8 Å². The number of nitrogens with zero attached hydrogens (tertiary/aromatic N) is 4. The molecule has 0 aromatic carbocycles. The van der Waals surface area contributed by atoms with E-state index in [1.807, 2.05) is 13.1 Å². The second-order valence-electron chi connectivity index (χ2n) is 4.35. The van der Waals surface area contributed by atoms with E-state index in [-0.39, 0.29) is 5.95 Å². The molecule has 3 heterocycles. The van der Waals surface area contributed by atoms with Crippen molar-refractivity contribution in [1.29, 1.82) is 0 Å². The molecule has 94 valence electrons. The third-order valence-corrected chi connectivity index (χ3v) is 3.14. The quantitative estimate of drug-likeness (QED) is 0.696. The first-order valence-electron chi connectivity index (χ1n) is 5.82. The number of nitrogen functional groups attached to an aromatic ring is 1. The minimum atomic E-state index is 0.289. The maximum absolute atomic E-state index is 5.75. The van der Waals surface area contributed by atoms with Crippen LogP contribution in [0.5, 0.6) is 0 Å². The summed E-state index contributed by atoms with van der Waals surface area (Å²) < 4.78 is 0. The molecular weight excluding hydrogens is 230 g/mol. The Balaban J connectivity index is 1.88. The predicted molar refractivity (Wildman–Crippen MR) is 69.1 cm³/mol. The van der Waals surface area contributed by atoms with Gasteiger partial charge in [0.2, 0.25) is 5.95 Å². The molecule has 4 N–H and O–H groups in total. The molecule has 3 rings (SSSR count). The maximum Gasteiger partial charge on any atom is 0.222 e. The molecule has 1 aliphatic rings. The van der Waals surface area contributed by atoms with Crippen molar-refractivity contribution in [2.24, 2.45) is 0 Å². The fraction of sp³-hybridized carbons (Fsp3) is 0.364. The van der Waals surface area contributed by atoms with E-state index in [1.54, 1.807) is 12.4 Å². The lowest BCUT2D eigenvalue weighted by molar-refractivity contribution is 0.447. The van der Waals surface area contributed by atoms with Crippen molar-refractivity contribution in [1.82, 2.24) is 25.5 Å². The van der Waals surface area contributed by atoms with Crippen LogP contribution in [-0.4, -0.2) is 46.3 Å². The first-order valence-corrected chi connectivity index (χ1v) is 5.82. The van der Waals surface area contributed by atoms with Gasteiger partial charge in [-0.15, -0.1) is 0 Å². The van der Waals surface area contributed by atoms with Crippen LogP contribution in [0.1, 0.15) is 0 Å². The average Bonchev–Trinajstić information content (AvgIpc) is 2.80. The van der Waals surface area contributed by atoms with Crippen molar-refractivity contribution in [2.45, 2.75) is 6.04 Å². The Kier molecular flexibility index (Phi) is 2.60. The van der Waals surface area contributed by atoms with Crippen molar-refractivity contribution < 1.29 is 0 Å². The number of rotatable bonds is 3. The number of hydrogen-bond donors (Lipinski definition) is 3. The third kappa shape index (κ3) is 1.88.